The first-order valence-corrected chi connectivity index (χ1v) is 8.90. The van der Waals surface area contributed by atoms with Crippen molar-refractivity contribution in [2.24, 2.45) is 5.92 Å². The molecule has 0 aliphatic heterocycles. The molecule has 2 N–H and O–H groups in total. The highest BCUT2D eigenvalue weighted by atomic mass is 35.5. The first kappa shape index (κ1) is 20.0. The van der Waals surface area contributed by atoms with Gasteiger partial charge in [-0.2, -0.15) is 0 Å². The molecule has 1 amide bonds. The quantitative estimate of drug-likeness (QED) is 0.527. The summed E-state index contributed by atoms with van der Waals surface area (Å²) in [4.78, 5) is 34.7. The molecule has 1 aromatic carbocycles. The van der Waals surface area contributed by atoms with E-state index in [0.29, 0.717) is 10.6 Å². The number of hydrogen-bond donors (Lipinski definition) is 2. The van der Waals surface area contributed by atoms with Crippen LogP contribution >= 0.6 is 11.6 Å². The number of benzene rings is 1. The molecule has 0 saturated heterocycles. The number of esters is 1. The molecule has 1 saturated carbocycles. The molecule has 1 aliphatic carbocycles. The number of ether oxygens (including phenoxy) is 2. The van der Waals surface area contributed by atoms with Crippen molar-refractivity contribution in [3.8, 4) is 0 Å². The van der Waals surface area contributed by atoms with Gasteiger partial charge >= 0.3 is 18.0 Å². The SMILES string of the molecule is O=C(NCCC(C(=O)O)c1ccc(Cl)cc1)OCOC(=O)C1CCCC1. The summed E-state index contributed by atoms with van der Waals surface area (Å²) < 4.78 is 9.69. The minimum absolute atomic E-state index is 0.0997. The van der Waals surface area contributed by atoms with Crippen LogP contribution in [-0.2, 0) is 19.1 Å². The first-order chi connectivity index (χ1) is 12.5. The van der Waals surface area contributed by atoms with Crippen LogP contribution < -0.4 is 5.32 Å². The summed E-state index contributed by atoms with van der Waals surface area (Å²) in [6.07, 6.45) is 3.08. The second kappa shape index (κ2) is 10.0. The van der Waals surface area contributed by atoms with Crippen molar-refractivity contribution in [3.63, 3.8) is 0 Å². The fourth-order valence-electron chi connectivity index (χ4n) is 2.92. The lowest BCUT2D eigenvalue weighted by molar-refractivity contribution is -0.156. The molecule has 7 nitrogen and oxygen atoms in total. The monoisotopic (exact) mass is 383 g/mol. The number of nitrogens with one attached hydrogen (secondary N) is 1. The van der Waals surface area contributed by atoms with Gasteiger partial charge in [0.05, 0.1) is 11.8 Å². The Balaban J connectivity index is 1.68. The number of carboxylic acids is 1. The van der Waals surface area contributed by atoms with Gasteiger partial charge in [-0.25, -0.2) is 4.79 Å². The van der Waals surface area contributed by atoms with Crippen LogP contribution in [0.1, 0.15) is 43.6 Å². The van der Waals surface area contributed by atoms with Gasteiger partial charge in [0.25, 0.3) is 0 Å². The number of amides is 1. The molecule has 1 aromatic rings. The van der Waals surface area contributed by atoms with Crippen LogP contribution in [-0.4, -0.2) is 36.5 Å². The Kier molecular flexibility index (Phi) is 7.72. The van der Waals surface area contributed by atoms with E-state index < -0.39 is 24.8 Å². The lowest BCUT2D eigenvalue weighted by Crippen LogP contribution is -2.29. The molecule has 1 fully saturated rings. The van der Waals surface area contributed by atoms with Crippen LogP contribution in [0.15, 0.2) is 24.3 Å². The fraction of sp³-hybridized carbons (Fsp3) is 0.500. The molecule has 26 heavy (non-hydrogen) atoms. The summed E-state index contributed by atoms with van der Waals surface area (Å²) in [6, 6.07) is 6.52. The maximum absolute atomic E-state index is 11.7. The highest BCUT2D eigenvalue weighted by Crippen LogP contribution is 2.25. The van der Waals surface area contributed by atoms with Crippen molar-refractivity contribution in [2.75, 3.05) is 13.3 Å². The van der Waals surface area contributed by atoms with Crippen LogP contribution in [0.4, 0.5) is 4.79 Å². The van der Waals surface area contributed by atoms with Gasteiger partial charge in [0.2, 0.25) is 6.79 Å². The Morgan fingerprint density at radius 1 is 1.15 bits per heavy atom. The molecule has 8 heteroatoms. The van der Waals surface area contributed by atoms with E-state index >= 15 is 0 Å². The largest absolute Gasteiger partial charge is 0.481 e. The zero-order valence-electron chi connectivity index (χ0n) is 14.3. The minimum atomic E-state index is -0.993. The Bertz CT molecular complexity index is 627. The van der Waals surface area contributed by atoms with E-state index in [0.717, 1.165) is 25.7 Å². The Morgan fingerprint density at radius 2 is 1.81 bits per heavy atom. The third kappa shape index (κ3) is 6.22. The number of carbonyl (C=O) groups excluding carboxylic acids is 2. The van der Waals surface area contributed by atoms with Crippen molar-refractivity contribution in [3.05, 3.63) is 34.9 Å². The number of hydrogen-bond acceptors (Lipinski definition) is 5. The number of rotatable bonds is 8. The number of aliphatic carboxylic acids is 1. The molecule has 1 unspecified atom stereocenters. The van der Waals surface area contributed by atoms with E-state index in [1.54, 1.807) is 24.3 Å². The van der Waals surface area contributed by atoms with E-state index in [-0.39, 0.29) is 24.9 Å². The predicted molar refractivity (Wildman–Crippen MR) is 93.8 cm³/mol. The molecule has 1 aliphatic rings. The molecule has 142 valence electrons. The van der Waals surface area contributed by atoms with Crippen LogP contribution in [0.25, 0.3) is 0 Å². The molecular weight excluding hydrogens is 362 g/mol. The van der Waals surface area contributed by atoms with E-state index in [2.05, 4.69) is 5.32 Å². The van der Waals surface area contributed by atoms with Gasteiger partial charge in [-0.3, -0.25) is 9.59 Å². The standard InChI is InChI=1S/C18H22ClNO6/c19-14-7-5-12(6-8-14)15(16(21)22)9-10-20-18(24)26-11-25-17(23)13-3-1-2-4-13/h5-8,13,15H,1-4,9-11H2,(H,20,24)(H,21,22). The van der Waals surface area contributed by atoms with Crippen molar-refractivity contribution in [1.29, 1.82) is 0 Å². The van der Waals surface area contributed by atoms with Crippen molar-refractivity contribution in [2.45, 2.75) is 38.0 Å². The summed E-state index contributed by atoms with van der Waals surface area (Å²) in [7, 11) is 0. The topological polar surface area (TPSA) is 102 Å². The summed E-state index contributed by atoms with van der Waals surface area (Å²) in [6.45, 7) is -0.338. The van der Waals surface area contributed by atoms with Gasteiger partial charge in [0.1, 0.15) is 0 Å². The lowest BCUT2D eigenvalue weighted by atomic mass is 9.96. The van der Waals surface area contributed by atoms with Gasteiger partial charge < -0.3 is 19.9 Å². The van der Waals surface area contributed by atoms with Gasteiger partial charge in [0, 0.05) is 11.6 Å². The maximum atomic E-state index is 11.7. The first-order valence-electron chi connectivity index (χ1n) is 8.53. The summed E-state index contributed by atoms with van der Waals surface area (Å²) in [5, 5.41) is 12.3. The molecule has 0 heterocycles. The lowest BCUT2D eigenvalue weighted by Gasteiger charge is -2.14. The number of halogens is 1. The highest BCUT2D eigenvalue weighted by Gasteiger charge is 2.24. The van der Waals surface area contributed by atoms with E-state index in [9.17, 15) is 19.5 Å². The Labute approximate surface area is 156 Å². The highest BCUT2D eigenvalue weighted by molar-refractivity contribution is 6.30. The molecule has 0 radical (unpaired) electrons. The van der Waals surface area contributed by atoms with Crippen molar-refractivity contribution >= 4 is 29.6 Å². The van der Waals surface area contributed by atoms with Crippen LogP contribution in [0.5, 0.6) is 0 Å². The number of alkyl carbamates (subject to hydrolysis) is 1. The van der Waals surface area contributed by atoms with Gasteiger partial charge in [0.15, 0.2) is 0 Å². The van der Waals surface area contributed by atoms with Gasteiger partial charge in [-0.05, 0) is 37.0 Å². The normalized spacial score (nSPS) is 15.3. The minimum Gasteiger partial charge on any atom is -0.481 e. The molecular formula is C18H22ClNO6. The van der Waals surface area contributed by atoms with Crippen LogP contribution in [0.3, 0.4) is 0 Å². The smallest absolute Gasteiger partial charge is 0.410 e. The average molecular weight is 384 g/mol. The molecule has 2 rings (SSSR count). The second-order valence-corrected chi connectivity index (χ2v) is 6.59. The van der Waals surface area contributed by atoms with E-state index in [4.69, 9.17) is 21.1 Å². The Hall–Kier alpha value is -2.28. The van der Waals surface area contributed by atoms with E-state index in [1.807, 2.05) is 0 Å². The maximum Gasteiger partial charge on any atom is 0.410 e. The summed E-state index contributed by atoms with van der Waals surface area (Å²) in [5.74, 6) is -2.21. The molecule has 0 bridgehead atoms. The molecule has 0 spiro atoms. The van der Waals surface area contributed by atoms with Gasteiger partial charge in [-0.1, -0.05) is 36.6 Å². The van der Waals surface area contributed by atoms with Crippen molar-refractivity contribution in [1.82, 2.24) is 5.32 Å². The number of carbonyl (C=O) groups is 3. The third-order valence-electron chi connectivity index (χ3n) is 4.35. The Morgan fingerprint density at radius 3 is 2.42 bits per heavy atom. The van der Waals surface area contributed by atoms with Gasteiger partial charge in [-0.15, -0.1) is 0 Å². The summed E-state index contributed by atoms with van der Waals surface area (Å²) >= 11 is 5.80. The fourth-order valence-corrected chi connectivity index (χ4v) is 3.04. The van der Waals surface area contributed by atoms with Crippen LogP contribution in [0.2, 0.25) is 5.02 Å². The zero-order valence-corrected chi connectivity index (χ0v) is 15.0. The average Bonchev–Trinajstić information content (AvgIpc) is 3.14. The van der Waals surface area contributed by atoms with Crippen molar-refractivity contribution < 1.29 is 29.0 Å². The summed E-state index contributed by atoms with van der Waals surface area (Å²) in [5.41, 5.74) is 0.600. The van der Waals surface area contributed by atoms with Crippen LogP contribution in [0, 0.1) is 5.92 Å². The molecule has 1 atom stereocenters. The second-order valence-electron chi connectivity index (χ2n) is 6.15. The predicted octanol–water partition coefficient (Wildman–Crippen LogP) is 3.32. The number of carboxylic acid groups (broad SMARTS) is 1. The third-order valence-corrected chi connectivity index (χ3v) is 4.60. The van der Waals surface area contributed by atoms with E-state index in [1.165, 1.54) is 0 Å². The molecule has 0 aromatic heterocycles. The zero-order chi connectivity index (χ0) is 18.9.